The van der Waals surface area contributed by atoms with Gasteiger partial charge in [0.1, 0.15) is 0 Å². The lowest BCUT2D eigenvalue weighted by atomic mass is 10.0. The largest absolute Gasteiger partial charge is 0.391 e. The molecule has 0 saturated carbocycles. The van der Waals surface area contributed by atoms with Gasteiger partial charge in [-0.3, -0.25) is 4.79 Å². The number of fused-ring (bicyclic) bond motifs is 1. The highest BCUT2D eigenvalue weighted by molar-refractivity contribution is 5.98. The average Bonchev–Trinajstić information content (AvgIpc) is 3.40. The van der Waals surface area contributed by atoms with Crippen molar-refractivity contribution >= 4 is 22.8 Å². The highest BCUT2D eigenvalue weighted by atomic mass is 16.3. The minimum Gasteiger partial charge on any atom is -0.391 e. The number of H-pyrrole nitrogens is 1. The third-order valence-corrected chi connectivity index (χ3v) is 5.82. The molecule has 1 aliphatic heterocycles. The molecular formula is C24H23N5O2. The van der Waals surface area contributed by atoms with Crippen LogP contribution in [0.25, 0.3) is 22.0 Å². The van der Waals surface area contributed by atoms with Gasteiger partial charge in [0.25, 0.3) is 5.91 Å². The molecule has 0 radical (unpaired) electrons. The number of carbonyl (C=O) groups is 1. The average molecular weight is 413 g/mol. The first-order valence-corrected chi connectivity index (χ1v) is 10.3. The van der Waals surface area contributed by atoms with E-state index in [9.17, 15) is 9.90 Å². The Morgan fingerprint density at radius 1 is 1.13 bits per heavy atom. The molecule has 4 aromatic rings. The van der Waals surface area contributed by atoms with Crippen molar-refractivity contribution in [1.29, 1.82) is 0 Å². The zero-order valence-electron chi connectivity index (χ0n) is 17.0. The summed E-state index contributed by atoms with van der Waals surface area (Å²) >= 11 is 0. The van der Waals surface area contributed by atoms with E-state index < -0.39 is 6.10 Å². The van der Waals surface area contributed by atoms with Crippen molar-refractivity contribution in [2.75, 3.05) is 18.8 Å². The Hall–Kier alpha value is -3.71. The molecule has 4 N–H and O–H groups in total. The number of rotatable bonds is 4. The number of aliphatic hydroxyl groups is 1. The van der Waals surface area contributed by atoms with E-state index in [1.165, 1.54) is 11.1 Å². The highest BCUT2D eigenvalue weighted by Crippen LogP contribution is 2.25. The predicted octanol–water partition coefficient (Wildman–Crippen LogP) is 3.00. The summed E-state index contributed by atoms with van der Waals surface area (Å²) in [5, 5.41) is 10.8. The molecule has 1 aliphatic rings. The van der Waals surface area contributed by atoms with E-state index in [-0.39, 0.29) is 11.9 Å². The minimum atomic E-state index is -0.413. The zero-order valence-corrected chi connectivity index (χ0v) is 17.0. The normalized spacial score (nSPS) is 16.2. The summed E-state index contributed by atoms with van der Waals surface area (Å²) in [5.74, 6) is 0.236. The molecule has 0 bridgehead atoms. The maximum atomic E-state index is 12.7. The van der Waals surface area contributed by atoms with Crippen LogP contribution in [0.3, 0.4) is 0 Å². The van der Waals surface area contributed by atoms with E-state index in [0.717, 1.165) is 28.5 Å². The number of hydrogen-bond acceptors (Lipinski definition) is 5. The van der Waals surface area contributed by atoms with Gasteiger partial charge in [-0.25, -0.2) is 9.97 Å². The molecule has 1 fully saturated rings. The molecule has 31 heavy (non-hydrogen) atoms. The van der Waals surface area contributed by atoms with E-state index in [2.05, 4.69) is 39.2 Å². The fraction of sp³-hybridized carbons (Fsp3) is 0.208. The smallest absolute Gasteiger partial charge is 0.254 e. The lowest BCUT2D eigenvalue weighted by Gasteiger charge is -2.15. The fourth-order valence-corrected chi connectivity index (χ4v) is 4.10. The van der Waals surface area contributed by atoms with Crippen LogP contribution in [0, 0.1) is 0 Å². The van der Waals surface area contributed by atoms with Gasteiger partial charge in [-0.1, -0.05) is 30.3 Å². The number of anilines is 1. The number of nitrogens with zero attached hydrogens (tertiary/aromatic N) is 3. The number of nitrogens with one attached hydrogen (secondary N) is 1. The minimum absolute atomic E-state index is 0.0307. The number of aliphatic hydroxyl groups excluding tert-OH is 1. The number of likely N-dealkylation sites (tertiary alicyclic amines) is 1. The second kappa shape index (κ2) is 7.85. The quantitative estimate of drug-likeness (QED) is 0.477. The standard InChI is InChI=1S/C24H23N5O2/c25-24-27-12-19(13-28-24)16-3-1-15(2-4-16)9-18-11-26-22-10-17(5-6-21(18)22)23(31)29-8-7-20(30)14-29/h1-6,10-13,20,26,30H,7-9,14H2,(H2,25,27,28). The summed E-state index contributed by atoms with van der Waals surface area (Å²) in [6.07, 6.45) is 6.45. The lowest BCUT2D eigenvalue weighted by Crippen LogP contribution is -2.29. The van der Waals surface area contributed by atoms with Crippen molar-refractivity contribution in [2.24, 2.45) is 0 Å². The second-order valence-electron chi connectivity index (χ2n) is 7.97. The SMILES string of the molecule is Nc1ncc(-c2ccc(Cc3c[nH]c4cc(C(=O)N5CCC(O)C5)ccc34)cc2)cn1. The first-order chi connectivity index (χ1) is 15.1. The van der Waals surface area contributed by atoms with Crippen LogP contribution in [-0.4, -0.2) is 50.1 Å². The molecule has 7 heteroatoms. The van der Waals surface area contributed by atoms with Crippen LogP contribution in [-0.2, 0) is 6.42 Å². The van der Waals surface area contributed by atoms with Crippen molar-refractivity contribution in [2.45, 2.75) is 18.9 Å². The maximum Gasteiger partial charge on any atom is 0.254 e. The number of β-amino-alcohol motifs (C(OH)–C–C–N with tert-alkyl or cyclic N) is 1. The van der Waals surface area contributed by atoms with Gasteiger partial charge < -0.3 is 20.7 Å². The van der Waals surface area contributed by atoms with Crippen LogP contribution in [0.4, 0.5) is 5.95 Å². The summed E-state index contributed by atoms with van der Waals surface area (Å²) < 4.78 is 0. The summed E-state index contributed by atoms with van der Waals surface area (Å²) in [6, 6.07) is 14.1. The van der Waals surface area contributed by atoms with Crippen LogP contribution < -0.4 is 5.73 Å². The van der Waals surface area contributed by atoms with E-state index in [1.807, 2.05) is 24.4 Å². The summed E-state index contributed by atoms with van der Waals surface area (Å²) in [7, 11) is 0. The molecule has 1 amide bonds. The third kappa shape index (κ3) is 3.87. The first-order valence-electron chi connectivity index (χ1n) is 10.3. The van der Waals surface area contributed by atoms with Gasteiger partial charge in [-0.05, 0) is 41.7 Å². The van der Waals surface area contributed by atoms with Crippen molar-refractivity contribution in [3.8, 4) is 11.1 Å². The van der Waals surface area contributed by atoms with Gasteiger partial charge >= 0.3 is 0 Å². The number of nitrogens with two attached hydrogens (primary N) is 1. The van der Waals surface area contributed by atoms with Gasteiger partial charge in [-0.2, -0.15) is 0 Å². The number of carbonyl (C=O) groups excluding carboxylic acids is 1. The van der Waals surface area contributed by atoms with Crippen LogP contribution >= 0.6 is 0 Å². The number of amides is 1. The van der Waals surface area contributed by atoms with E-state index in [0.29, 0.717) is 25.1 Å². The lowest BCUT2D eigenvalue weighted by molar-refractivity contribution is 0.0765. The molecule has 1 unspecified atom stereocenters. The molecular weight excluding hydrogens is 390 g/mol. The highest BCUT2D eigenvalue weighted by Gasteiger charge is 2.25. The van der Waals surface area contributed by atoms with Crippen molar-refractivity contribution < 1.29 is 9.90 Å². The molecule has 2 aromatic heterocycles. The number of nitrogen functional groups attached to an aromatic ring is 1. The van der Waals surface area contributed by atoms with Crippen molar-refractivity contribution in [3.63, 3.8) is 0 Å². The molecule has 3 heterocycles. The van der Waals surface area contributed by atoms with E-state index >= 15 is 0 Å². The number of aromatic amines is 1. The second-order valence-corrected chi connectivity index (χ2v) is 7.97. The third-order valence-electron chi connectivity index (χ3n) is 5.82. The first kappa shape index (κ1) is 19.3. The van der Waals surface area contributed by atoms with Gasteiger partial charge in [-0.15, -0.1) is 0 Å². The summed E-state index contributed by atoms with van der Waals surface area (Å²) in [4.78, 5) is 25.8. The fourth-order valence-electron chi connectivity index (χ4n) is 4.10. The van der Waals surface area contributed by atoms with E-state index in [4.69, 9.17) is 5.73 Å². The Morgan fingerprint density at radius 3 is 2.61 bits per heavy atom. The van der Waals surface area contributed by atoms with Crippen LogP contribution in [0.15, 0.2) is 61.1 Å². The van der Waals surface area contributed by atoms with Gasteiger partial charge in [0.2, 0.25) is 5.95 Å². The van der Waals surface area contributed by atoms with Gasteiger partial charge in [0.15, 0.2) is 0 Å². The number of hydrogen-bond donors (Lipinski definition) is 3. The monoisotopic (exact) mass is 413 g/mol. The number of benzene rings is 2. The zero-order chi connectivity index (χ0) is 21.4. The van der Waals surface area contributed by atoms with Crippen molar-refractivity contribution in [1.82, 2.24) is 19.9 Å². The molecule has 1 saturated heterocycles. The molecule has 0 aliphatic carbocycles. The Kier molecular flexibility index (Phi) is 4.88. The molecule has 0 spiro atoms. The number of aromatic nitrogens is 3. The molecule has 156 valence electrons. The molecule has 2 aromatic carbocycles. The molecule has 7 nitrogen and oxygen atoms in total. The Labute approximate surface area is 179 Å². The topological polar surface area (TPSA) is 108 Å². The van der Waals surface area contributed by atoms with Crippen molar-refractivity contribution in [3.05, 3.63) is 77.7 Å². The Bertz CT molecular complexity index is 1230. The van der Waals surface area contributed by atoms with Gasteiger partial charge in [0.05, 0.1) is 6.10 Å². The summed E-state index contributed by atoms with van der Waals surface area (Å²) in [6.45, 7) is 1.01. The summed E-state index contributed by atoms with van der Waals surface area (Å²) in [5.41, 5.74) is 11.5. The van der Waals surface area contributed by atoms with Crippen LogP contribution in [0.2, 0.25) is 0 Å². The van der Waals surface area contributed by atoms with E-state index in [1.54, 1.807) is 17.3 Å². The Balaban J connectivity index is 1.34. The van der Waals surface area contributed by atoms with Crippen LogP contribution in [0.1, 0.15) is 27.9 Å². The molecule has 1 atom stereocenters. The van der Waals surface area contributed by atoms with Crippen LogP contribution in [0.5, 0.6) is 0 Å². The maximum absolute atomic E-state index is 12.7. The Morgan fingerprint density at radius 2 is 1.90 bits per heavy atom. The predicted molar refractivity (Wildman–Crippen MR) is 120 cm³/mol. The molecule has 5 rings (SSSR count). The van der Waals surface area contributed by atoms with Gasteiger partial charge in [0, 0.05) is 53.7 Å².